The van der Waals surface area contributed by atoms with E-state index >= 15 is 0 Å². The summed E-state index contributed by atoms with van der Waals surface area (Å²) < 4.78 is 5.37. The Morgan fingerprint density at radius 3 is 2.50 bits per heavy atom. The zero-order valence-electron chi connectivity index (χ0n) is 13.0. The summed E-state index contributed by atoms with van der Waals surface area (Å²) in [6.07, 6.45) is 0.892. The summed E-state index contributed by atoms with van der Waals surface area (Å²) in [6.45, 7) is 2.89. The summed E-state index contributed by atoms with van der Waals surface area (Å²) >= 11 is 0. The zero-order valence-corrected chi connectivity index (χ0v) is 13.0. The van der Waals surface area contributed by atoms with E-state index in [0.29, 0.717) is 11.6 Å². The molecular formula is C18H22N2O2. The topological polar surface area (TPSA) is 64.3 Å². The van der Waals surface area contributed by atoms with Crippen molar-refractivity contribution in [1.29, 1.82) is 0 Å². The Hall–Kier alpha value is -2.33. The van der Waals surface area contributed by atoms with Crippen LogP contribution < -0.4 is 15.8 Å². The quantitative estimate of drug-likeness (QED) is 0.825. The van der Waals surface area contributed by atoms with Crippen LogP contribution in [-0.4, -0.2) is 19.1 Å². The van der Waals surface area contributed by atoms with Gasteiger partial charge in [0.25, 0.3) is 0 Å². The first kappa shape index (κ1) is 16.0. The summed E-state index contributed by atoms with van der Waals surface area (Å²) in [5, 5.41) is 3.48. The second kappa shape index (κ2) is 7.61. The highest BCUT2D eigenvalue weighted by molar-refractivity contribution is 5.92. The molecule has 3 N–H and O–H groups in total. The van der Waals surface area contributed by atoms with E-state index in [-0.39, 0.29) is 0 Å². The number of hydrogen-bond acceptors (Lipinski definition) is 3. The lowest BCUT2D eigenvalue weighted by Crippen LogP contribution is -2.27. The number of nitrogens with two attached hydrogens (primary N) is 1. The number of carbonyl (C=O) groups is 1. The molecule has 116 valence electrons. The van der Waals surface area contributed by atoms with E-state index in [0.717, 1.165) is 24.3 Å². The highest BCUT2D eigenvalue weighted by atomic mass is 16.5. The van der Waals surface area contributed by atoms with Gasteiger partial charge in [-0.2, -0.15) is 0 Å². The largest absolute Gasteiger partial charge is 0.496 e. The van der Waals surface area contributed by atoms with Crippen LogP contribution in [0.5, 0.6) is 5.75 Å². The molecule has 1 unspecified atom stereocenters. The number of para-hydroxylation sites is 1. The van der Waals surface area contributed by atoms with Crippen LogP contribution in [0.15, 0.2) is 48.5 Å². The highest BCUT2D eigenvalue weighted by Gasteiger charge is 2.08. The number of rotatable bonds is 7. The molecule has 0 spiro atoms. The van der Waals surface area contributed by atoms with Crippen molar-refractivity contribution >= 4 is 5.91 Å². The summed E-state index contributed by atoms with van der Waals surface area (Å²) in [5.74, 6) is 0.519. The van der Waals surface area contributed by atoms with Crippen LogP contribution in [0.1, 0.15) is 28.4 Å². The molecule has 4 heteroatoms. The van der Waals surface area contributed by atoms with Crippen molar-refractivity contribution in [3.05, 3.63) is 65.2 Å². The maximum Gasteiger partial charge on any atom is 0.248 e. The molecule has 0 aromatic heterocycles. The molecular weight excluding hydrogens is 276 g/mol. The standard InChI is InChI=1S/C18H22N2O2/c1-13(11-16-5-3-4-6-17(16)22-2)20-12-14-7-9-15(10-8-14)18(19)21/h3-10,13,20H,11-12H2,1-2H3,(H2,19,21). The van der Waals surface area contributed by atoms with Crippen molar-refractivity contribution in [1.82, 2.24) is 5.32 Å². The van der Waals surface area contributed by atoms with Gasteiger partial charge in [-0.3, -0.25) is 4.79 Å². The molecule has 0 aliphatic rings. The number of ether oxygens (including phenoxy) is 1. The first-order chi connectivity index (χ1) is 10.6. The van der Waals surface area contributed by atoms with E-state index in [9.17, 15) is 4.79 Å². The van der Waals surface area contributed by atoms with Gasteiger partial charge in [-0.15, -0.1) is 0 Å². The minimum absolute atomic E-state index is 0.312. The molecule has 2 aromatic carbocycles. The SMILES string of the molecule is COc1ccccc1CC(C)NCc1ccc(C(N)=O)cc1. The van der Waals surface area contributed by atoms with E-state index in [1.807, 2.05) is 30.3 Å². The van der Waals surface area contributed by atoms with E-state index in [1.54, 1.807) is 19.2 Å². The summed E-state index contributed by atoms with van der Waals surface area (Å²) in [4.78, 5) is 11.0. The van der Waals surface area contributed by atoms with Crippen LogP contribution in [0.3, 0.4) is 0 Å². The Labute approximate surface area is 131 Å². The monoisotopic (exact) mass is 298 g/mol. The van der Waals surface area contributed by atoms with Crippen molar-refractivity contribution in [3.63, 3.8) is 0 Å². The van der Waals surface area contributed by atoms with Crippen molar-refractivity contribution in [2.45, 2.75) is 25.9 Å². The van der Waals surface area contributed by atoms with Gasteiger partial charge in [-0.05, 0) is 42.7 Å². The number of primary amides is 1. The van der Waals surface area contributed by atoms with E-state index in [4.69, 9.17) is 10.5 Å². The minimum Gasteiger partial charge on any atom is -0.496 e. The average molecular weight is 298 g/mol. The molecule has 0 bridgehead atoms. The molecule has 4 nitrogen and oxygen atoms in total. The average Bonchev–Trinajstić information content (AvgIpc) is 2.54. The third-order valence-corrected chi connectivity index (χ3v) is 3.61. The first-order valence-electron chi connectivity index (χ1n) is 7.34. The molecule has 1 amide bonds. The number of benzene rings is 2. The maximum atomic E-state index is 11.0. The normalized spacial score (nSPS) is 11.9. The maximum absolute atomic E-state index is 11.0. The van der Waals surface area contributed by atoms with Crippen LogP contribution in [0.2, 0.25) is 0 Å². The molecule has 1 atom stereocenters. The van der Waals surface area contributed by atoms with Crippen molar-refractivity contribution < 1.29 is 9.53 Å². The van der Waals surface area contributed by atoms with Gasteiger partial charge >= 0.3 is 0 Å². The predicted octanol–water partition coefficient (Wildman–Crippen LogP) is 2.51. The predicted molar refractivity (Wildman–Crippen MR) is 88.0 cm³/mol. The Morgan fingerprint density at radius 1 is 1.18 bits per heavy atom. The fourth-order valence-corrected chi connectivity index (χ4v) is 2.35. The molecule has 22 heavy (non-hydrogen) atoms. The fourth-order valence-electron chi connectivity index (χ4n) is 2.35. The Bertz CT molecular complexity index is 623. The first-order valence-corrected chi connectivity index (χ1v) is 7.34. The summed E-state index contributed by atoms with van der Waals surface area (Å²) in [7, 11) is 1.69. The highest BCUT2D eigenvalue weighted by Crippen LogP contribution is 2.19. The fraction of sp³-hybridized carbons (Fsp3) is 0.278. The molecule has 0 radical (unpaired) electrons. The third kappa shape index (κ3) is 4.33. The van der Waals surface area contributed by atoms with Gasteiger partial charge in [-0.25, -0.2) is 0 Å². The van der Waals surface area contributed by atoms with Gasteiger partial charge in [-0.1, -0.05) is 30.3 Å². The number of carbonyl (C=O) groups excluding carboxylic acids is 1. The summed E-state index contributed by atoms with van der Waals surface area (Å²) in [6, 6.07) is 15.7. The van der Waals surface area contributed by atoms with E-state index < -0.39 is 5.91 Å². The Kier molecular flexibility index (Phi) is 5.55. The van der Waals surface area contributed by atoms with Gasteiger partial charge in [0.05, 0.1) is 7.11 Å². The molecule has 2 rings (SSSR count). The Balaban J connectivity index is 1.89. The van der Waals surface area contributed by atoms with E-state index in [2.05, 4.69) is 18.3 Å². The molecule has 0 fully saturated rings. The lowest BCUT2D eigenvalue weighted by atomic mass is 10.1. The zero-order chi connectivity index (χ0) is 15.9. The minimum atomic E-state index is -0.399. The molecule has 0 aliphatic heterocycles. The molecule has 0 heterocycles. The van der Waals surface area contributed by atoms with Crippen LogP contribution in [-0.2, 0) is 13.0 Å². The van der Waals surface area contributed by atoms with Gasteiger partial charge < -0.3 is 15.8 Å². The lowest BCUT2D eigenvalue weighted by Gasteiger charge is -2.16. The molecule has 2 aromatic rings. The molecule has 0 aliphatic carbocycles. The number of nitrogens with one attached hydrogen (secondary N) is 1. The Morgan fingerprint density at radius 2 is 1.86 bits per heavy atom. The van der Waals surface area contributed by atoms with Crippen molar-refractivity contribution in [3.8, 4) is 5.75 Å². The number of methoxy groups -OCH3 is 1. The van der Waals surface area contributed by atoms with Crippen LogP contribution >= 0.6 is 0 Å². The third-order valence-electron chi connectivity index (χ3n) is 3.61. The lowest BCUT2D eigenvalue weighted by molar-refractivity contribution is 0.100. The van der Waals surface area contributed by atoms with Gasteiger partial charge in [0.15, 0.2) is 0 Å². The van der Waals surface area contributed by atoms with Gasteiger partial charge in [0.2, 0.25) is 5.91 Å². The molecule has 0 saturated carbocycles. The van der Waals surface area contributed by atoms with Gasteiger partial charge in [0, 0.05) is 18.2 Å². The van der Waals surface area contributed by atoms with Crippen LogP contribution in [0.4, 0.5) is 0 Å². The number of amides is 1. The van der Waals surface area contributed by atoms with Crippen LogP contribution in [0, 0.1) is 0 Å². The van der Waals surface area contributed by atoms with Crippen molar-refractivity contribution in [2.75, 3.05) is 7.11 Å². The number of hydrogen-bond donors (Lipinski definition) is 2. The summed E-state index contributed by atoms with van der Waals surface area (Å²) in [5.41, 5.74) is 8.08. The van der Waals surface area contributed by atoms with Gasteiger partial charge in [0.1, 0.15) is 5.75 Å². The van der Waals surface area contributed by atoms with E-state index in [1.165, 1.54) is 5.56 Å². The van der Waals surface area contributed by atoms with Crippen molar-refractivity contribution in [2.24, 2.45) is 5.73 Å². The molecule has 0 saturated heterocycles. The smallest absolute Gasteiger partial charge is 0.248 e. The second-order valence-electron chi connectivity index (χ2n) is 5.36. The second-order valence-corrected chi connectivity index (χ2v) is 5.36. The van der Waals surface area contributed by atoms with Crippen LogP contribution in [0.25, 0.3) is 0 Å².